The molecule has 7 heteroatoms. The second-order valence-corrected chi connectivity index (χ2v) is 8.71. The summed E-state index contributed by atoms with van der Waals surface area (Å²) in [4.78, 5) is 30.4. The number of pyridine rings is 1. The first-order valence-electron chi connectivity index (χ1n) is 12.1. The first-order chi connectivity index (χ1) is 18.6. The van der Waals surface area contributed by atoms with Crippen molar-refractivity contribution in [3.05, 3.63) is 109 Å². The van der Waals surface area contributed by atoms with Crippen molar-refractivity contribution in [1.29, 1.82) is 0 Å². The normalized spacial score (nSPS) is 11.8. The quantitative estimate of drug-likeness (QED) is 0.283. The summed E-state index contributed by atoms with van der Waals surface area (Å²) >= 11 is 0. The van der Waals surface area contributed by atoms with Gasteiger partial charge in [0.25, 0.3) is 5.91 Å². The lowest BCUT2D eigenvalue weighted by molar-refractivity contribution is -0.119. The first-order valence-corrected chi connectivity index (χ1v) is 12.1. The Hall–Kier alpha value is -5.17. The molecular formula is C31H22N2O5. The lowest BCUT2D eigenvalue weighted by Gasteiger charge is -2.11. The van der Waals surface area contributed by atoms with E-state index in [2.05, 4.69) is 17.4 Å². The van der Waals surface area contributed by atoms with Crippen LogP contribution in [0.25, 0.3) is 33.3 Å². The lowest BCUT2D eigenvalue weighted by atomic mass is 10.0. The molecule has 0 fully saturated rings. The first kappa shape index (κ1) is 23.2. The molecular weight excluding hydrogens is 480 g/mol. The summed E-state index contributed by atoms with van der Waals surface area (Å²) in [6.07, 6.45) is 0. The topological polar surface area (TPSA) is 86.8 Å². The fraction of sp³-hybridized carbons (Fsp3) is 0.0645. The van der Waals surface area contributed by atoms with Crippen molar-refractivity contribution < 1.29 is 23.8 Å². The van der Waals surface area contributed by atoms with Crippen LogP contribution in [0, 0.1) is 0 Å². The van der Waals surface area contributed by atoms with Crippen molar-refractivity contribution in [2.45, 2.75) is 0 Å². The van der Waals surface area contributed by atoms with Crippen molar-refractivity contribution in [1.82, 2.24) is 4.98 Å². The number of carbonyl (C=O) groups excluding carboxylic acids is 2. The van der Waals surface area contributed by atoms with Crippen LogP contribution in [-0.2, 0) is 9.53 Å². The zero-order valence-corrected chi connectivity index (χ0v) is 20.2. The Morgan fingerprint density at radius 1 is 0.763 bits per heavy atom. The van der Waals surface area contributed by atoms with Crippen LogP contribution in [0.2, 0.25) is 0 Å². The van der Waals surface area contributed by atoms with E-state index >= 15 is 0 Å². The van der Waals surface area contributed by atoms with Crippen LogP contribution in [0.4, 0.5) is 5.69 Å². The van der Waals surface area contributed by atoms with Gasteiger partial charge >= 0.3 is 5.97 Å². The second kappa shape index (κ2) is 10.1. The summed E-state index contributed by atoms with van der Waals surface area (Å²) in [5.41, 5.74) is 5.23. The van der Waals surface area contributed by atoms with Gasteiger partial charge in [-0.3, -0.25) is 4.79 Å². The number of amides is 1. The van der Waals surface area contributed by atoms with Gasteiger partial charge in [-0.05, 0) is 35.4 Å². The molecule has 186 valence electrons. The third-order valence-electron chi connectivity index (χ3n) is 6.21. The van der Waals surface area contributed by atoms with Crippen LogP contribution in [0.3, 0.4) is 0 Å². The Kier molecular flexibility index (Phi) is 6.16. The monoisotopic (exact) mass is 502 g/mol. The minimum Gasteiger partial charge on any atom is -0.454 e. The van der Waals surface area contributed by atoms with Crippen molar-refractivity contribution in [2.24, 2.45) is 0 Å². The third-order valence-corrected chi connectivity index (χ3v) is 6.21. The Bertz CT molecular complexity index is 1650. The van der Waals surface area contributed by atoms with Crippen molar-refractivity contribution in [3.8, 4) is 33.9 Å². The number of ether oxygens (including phenoxy) is 3. The van der Waals surface area contributed by atoms with Crippen LogP contribution in [0.15, 0.2) is 103 Å². The standard InChI is InChI=1S/C31H22N2O5/c34-30(32-23-14-15-28-29(16-23)38-19-37-28)18-36-31(35)25-17-27(33-26-9-5-4-8-24(25)26)22-12-10-21(11-13-22)20-6-2-1-3-7-20/h1-17H,18-19H2,(H,32,34). The summed E-state index contributed by atoms with van der Waals surface area (Å²) in [7, 11) is 0. The van der Waals surface area contributed by atoms with E-state index in [-0.39, 0.29) is 6.79 Å². The van der Waals surface area contributed by atoms with Crippen LogP contribution < -0.4 is 14.8 Å². The van der Waals surface area contributed by atoms with Crippen molar-refractivity contribution >= 4 is 28.5 Å². The molecule has 0 atom stereocenters. The van der Waals surface area contributed by atoms with Gasteiger partial charge in [-0.2, -0.15) is 0 Å². The number of rotatable bonds is 6. The van der Waals surface area contributed by atoms with Crippen molar-refractivity contribution in [3.63, 3.8) is 0 Å². The van der Waals surface area contributed by atoms with Gasteiger partial charge in [0.1, 0.15) is 0 Å². The molecule has 7 nitrogen and oxygen atoms in total. The van der Waals surface area contributed by atoms with E-state index in [1.807, 2.05) is 66.7 Å². The Labute approximate surface area is 218 Å². The third kappa shape index (κ3) is 4.77. The van der Waals surface area contributed by atoms with Crippen LogP contribution in [0.1, 0.15) is 10.4 Å². The fourth-order valence-electron chi connectivity index (χ4n) is 4.34. The number of anilines is 1. The van der Waals surface area contributed by atoms with Gasteiger partial charge in [0.2, 0.25) is 6.79 Å². The molecule has 0 saturated heterocycles. The number of hydrogen-bond acceptors (Lipinski definition) is 6. The average molecular weight is 503 g/mol. The second-order valence-electron chi connectivity index (χ2n) is 8.71. The molecule has 0 saturated carbocycles. The number of fused-ring (bicyclic) bond motifs is 2. The summed E-state index contributed by atoms with van der Waals surface area (Å²) in [6, 6.07) is 32.2. The summed E-state index contributed by atoms with van der Waals surface area (Å²) in [5.74, 6) is 0.0933. The predicted octanol–water partition coefficient (Wildman–Crippen LogP) is 6.09. The van der Waals surface area contributed by atoms with Gasteiger partial charge in [0.05, 0.1) is 16.8 Å². The van der Waals surface area contributed by atoms with E-state index in [0.29, 0.717) is 39.3 Å². The predicted molar refractivity (Wildman–Crippen MR) is 144 cm³/mol. The van der Waals surface area contributed by atoms with Gasteiger partial charge in [0.15, 0.2) is 18.1 Å². The lowest BCUT2D eigenvalue weighted by Crippen LogP contribution is -2.21. The molecule has 38 heavy (non-hydrogen) atoms. The molecule has 1 amide bonds. The minimum absolute atomic E-state index is 0.142. The molecule has 0 aliphatic carbocycles. The van der Waals surface area contributed by atoms with Gasteiger partial charge in [-0.15, -0.1) is 0 Å². The zero-order chi connectivity index (χ0) is 25.9. The number of nitrogens with one attached hydrogen (secondary N) is 1. The summed E-state index contributed by atoms with van der Waals surface area (Å²) in [6.45, 7) is -0.297. The van der Waals surface area contributed by atoms with E-state index in [0.717, 1.165) is 16.7 Å². The molecule has 1 aliphatic heterocycles. The molecule has 0 radical (unpaired) electrons. The van der Waals surface area contributed by atoms with E-state index in [1.165, 1.54) is 0 Å². The highest BCUT2D eigenvalue weighted by atomic mass is 16.7. The summed E-state index contributed by atoms with van der Waals surface area (Å²) < 4.78 is 16.0. The molecule has 1 aliphatic rings. The largest absolute Gasteiger partial charge is 0.454 e. The highest BCUT2D eigenvalue weighted by molar-refractivity contribution is 6.05. The maximum atomic E-state index is 13.1. The molecule has 0 bridgehead atoms. The van der Waals surface area contributed by atoms with Crippen LogP contribution >= 0.6 is 0 Å². The van der Waals surface area contributed by atoms with Crippen LogP contribution in [-0.4, -0.2) is 30.3 Å². The number of esters is 1. The number of benzene rings is 4. The smallest absolute Gasteiger partial charge is 0.339 e. The van der Waals surface area contributed by atoms with E-state index < -0.39 is 18.5 Å². The highest BCUT2D eigenvalue weighted by Crippen LogP contribution is 2.34. The molecule has 5 aromatic rings. The molecule has 6 rings (SSSR count). The number of hydrogen-bond donors (Lipinski definition) is 1. The molecule has 1 aromatic heterocycles. The number of carbonyl (C=O) groups is 2. The van der Waals surface area contributed by atoms with Gasteiger partial charge in [0, 0.05) is 22.7 Å². The molecule has 0 unspecified atom stereocenters. The maximum absolute atomic E-state index is 13.1. The molecule has 0 spiro atoms. The van der Waals surface area contributed by atoms with Crippen molar-refractivity contribution in [2.75, 3.05) is 18.7 Å². The minimum atomic E-state index is -0.605. The zero-order valence-electron chi connectivity index (χ0n) is 20.2. The Morgan fingerprint density at radius 2 is 1.47 bits per heavy atom. The number of nitrogens with zero attached hydrogens (tertiary/aromatic N) is 1. The van der Waals surface area contributed by atoms with E-state index in [1.54, 1.807) is 24.3 Å². The van der Waals surface area contributed by atoms with Gasteiger partial charge < -0.3 is 19.5 Å². The Morgan fingerprint density at radius 3 is 2.32 bits per heavy atom. The SMILES string of the molecule is O=C(COC(=O)c1cc(-c2ccc(-c3ccccc3)cc2)nc2ccccc12)Nc1ccc2c(c1)OCO2. The van der Waals surface area contributed by atoms with E-state index in [9.17, 15) is 9.59 Å². The Balaban J connectivity index is 1.21. The molecule has 1 N–H and O–H groups in total. The average Bonchev–Trinajstić information content (AvgIpc) is 3.44. The fourth-order valence-corrected chi connectivity index (χ4v) is 4.34. The highest BCUT2D eigenvalue weighted by Gasteiger charge is 2.18. The molecule has 4 aromatic carbocycles. The van der Waals surface area contributed by atoms with Gasteiger partial charge in [-0.25, -0.2) is 9.78 Å². The number of aromatic nitrogens is 1. The maximum Gasteiger partial charge on any atom is 0.339 e. The number of para-hydroxylation sites is 1. The van der Waals surface area contributed by atoms with E-state index in [4.69, 9.17) is 19.2 Å². The van der Waals surface area contributed by atoms with Gasteiger partial charge in [-0.1, -0.05) is 72.8 Å². The summed E-state index contributed by atoms with van der Waals surface area (Å²) in [5, 5.41) is 3.36. The molecule has 2 heterocycles. The van der Waals surface area contributed by atoms with Crippen LogP contribution in [0.5, 0.6) is 11.5 Å².